The Balaban J connectivity index is 1.78. The fourth-order valence-corrected chi connectivity index (χ4v) is 4.19. The smallest absolute Gasteiger partial charge is 0.251 e. The Morgan fingerprint density at radius 2 is 1.78 bits per heavy atom. The normalized spacial score (nSPS) is 16.2. The summed E-state index contributed by atoms with van der Waals surface area (Å²) < 4.78 is 23.6. The van der Waals surface area contributed by atoms with Crippen LogP contribution in [0.2, 0.25) is 0 Å². The van der Waals surface area contributed by atoms with Crippen molar-refractivity contribution < 1.29 is 13.2 Å². The van der Waals surface area contributed by atoms with E-state index in [0.717, 1.165) is 24.9 Å². The second-order valence-electron chi connectivity index (χ2n) is 7.13. The quantitative estimate of drug-likeness (QED) is 0.829. The number of hydrogen-bond donors (Lipinski definition) is 1. The van der Waals surface area contributed by atoms with Gasteiger partial charge >= 0.3 is 0 Å². The molecule has 144 valence electrons. The first kappa shape index (κ1) is 19.6. The van der Waals surface area contributed by atoms with E-state index < -0.39 is 9.84 Å². The molecule has 1 saturated heterocycles. The van der Waals surface area contributed by atoms with Crippen molar-refractivity contribution in [1.29, 1.82) is 0 Å². The minimum atomic E-state index is -3.35. The number of aryl methyl sites for hydroxylation is 1. The molecule has 1 N–H and O–H groups in total. The third kappa shape index (κ3) is 4.76. The van der Waals surface area contributed by atoms with Gasteiger partial charge in [-0.3, -0.25) is 9.69 Å². The predicted molar refractivity (Wildman–Crippen MR) is 107 cm³/mol. The van der Waals surface area contributed by atoms with Crippen LogP contribution in [0.1, 0.15) is 40.4 Å². The van der Waals surface area contributed by atoms with Gasteiger partial charge in [-0.05, 0) is 56.1 Å². The Kier molecular flexibility index (Phi) is 5.97. The van der Waals surface area contributed by atoms with Gasteiger partial charge in [0.15, 0.2) is 9.84 Å². The Morgan fingerprint density at radius 3 is 2.41 bits per heavy atom. The van der Waals surface area contributed by atoms with Gasteiger partial charge in [-0.2, -0.15) is 0 Å². The highest BCUT2D eigenvalue weighted by Crippen LogP contribution is 2.24. The molecule has 1 heterocycles. The van der Waals surface area contributed by atoms with Crippen molar-refractivity contribution >= 4 is 15.7 Å². The highest BCUT2D eigenvalue weighted by atomic mass is 32.2. The predicted octanol–water partition coefficient (Wildman–Crippen LogP) is 2.97. The number of hydrogen-bond acceptors (Lipinski definition) is 4. The van der Waals surface area contributed by atoms with Crippen LogP contribution in [0.4, 0.5) is 0 Å². The number of carbonyl (C=O) groups is 1. The maximum Gasteiger partial charge on any atom is 0.251 e. The van der Waals surface area contributed by atoms with Gasteiger partial charge in [0.1, 0.15) is 0 Å². The SMILES string of the molecule is Cc1ccc(S(C)(=O)=O)cc1C(=O)NC[C@H](c1ccccc1)N1CCCC1. The lowest BCUT2D eigenvalue weighted by Crippen LogP contribution is -2.37. The minimum Gasteiger partial charge on any atom is -0.350 e. The average Bonchev–Trinajstić information content (AvgIpc) is 3.16. The summed E-state index contributed by atoms with van der Waals surface area (Å²) in [6, 6.07) is 15.0. The van der Waals surface area contributed by atoms with Gasteiger partial charge in [-0.1, -0.05) is 36.4 Å². The van der Waals surface area contributed by atoms with E-state index in [2.05, 4.69) is 22.3 Å². The highest BCUT2D eigenvalue weighted by Gasteiger charge is 2.24. The van der Waals surface area contributed by atoms with Crippen molar-refractivity contribution in [3.63, 3.8) is 0 Å². The second-order valence-corrected chi connectivity index (χ2v) is 9.14. The first-order chi connectivity index (χ1) is 12.9. The van der Waals surface area contributed by atoms with Gasteiger partial charge in [0.25, 0.3) is 5.91 Å². The van der Waals surface area contributed by atoms with Crippen LogP contribution in [0.5, 0.6) is 0 Å². The van der Waals surface area contributed by atoms with Crippen LogP contribution >= 0.6 is 0 Å². The Labute approximate surface area is 161 Å². The van der Waals surface area contributed by atoms with E-state index in [-0.39, 0.29) is 16.8 Å². The number of sulfone groups is 1. The van der Waals surface area contributed by atoms with Crippen molar-refractivity contribution in [3.05, 3.63) is 65.2 Å². The molecule has 0 bridgehead atoms. The minimum absolute atomic E-state index is 0.121. The summed E-state index contributed by atoms with van der Waals surface area (Å²) in [5, 5.41) is 3.02. The van der Waals surface area contributed by atoms with Crippen molar-refractivity contribution in [2.24, 2.45) is 0 Å². The largest absolute Gasteiger partial charge is 0.350 e. The van der Waals surface area contributed by atoms with Gasteiger partial charge in [0.05, 0.1) is 10.9 Å². The molecule has 5 nitrogen and oxygen atoms in total. The number of benzene rings is 2. The molecule has 0 aliphatic carbocycles. The number of amides is 1. The van der Waals surface area contributed by atoms with Crippen molar-refractivity contribution in [3.8, 4) is 0 Å². The van der Waals surface area contributed by atoms with Gasteiger partial charge in [0, 0.05) is 18.4 Å². The molecule has 1 amide bonds. The summed E-state index contributed by atoms with van der Waals surface area (Å²) in [7, 11) is -3.35. The monoisotopic (exact) mass is 386 g/mol. The molecular weight excluding hydrogens is 360 g/mol. The lowest BCUT2D eigenvalue weighted by Gasteiger charge is -2.28. The molecular formula is C21H26N2O3S. The zero-order valence-corrected chi connectivity index (χ0v) is 16.6. The van der Waals surface area contributed by atoms with Gasteiger partial charge in [0.2, 0.25) is 0 Å². The van der Waals surface area contributed by atoms with Crippen LogP contribution < -0.4 is 5.32 Å². The highest BCUT2D eigenvalue weighted by molar-refractivity contribution is 7.90. The van der Waals surface area contributed by atoms with Gasteiger partial charge in [-0.15, -0.1) is 0 Å². The Bertz CT molecular complexity index is 904. The second kappa shape index (κ2) is 8.23. The molecule has 6 heteroatoms. The van der Waals surface area contributed by atoms with Gasteiger partial charge < -0.3 is 5.32 Å². The number of rotatable bonds is 6. The van der Waals surface area contributed by atoms with E-state index in [4.69, 9.17) is 0 Å². The third-order valence-corrected chi connectivity index (χ3v) is 6.21. The Morgan fingerprint density at radius 1 is 1.11 bits per heavy atom. The average molecular weight is 387 g/mol. The van der Waals surface area contributed by atoms with E-state index in [1.54, 1.807) is 12.1 Å². The molecule has 0 aromatic heterocycles. The summed E-state index contributed by atoms with van der Waals surface area (Å²) in [6.45, 7) is 4.36. The van der Waals surface area contributed by atoms with Crippen LogP contribution in [0.3, 0.4) is 0 Å². The Hall–Kier alpha value is -2.18. The van der Waals surface area contributed by atoms with Crippen LogP contribution in [0, 0.1) is 6.92 Å². The van der Waals surface area contributed by atoms with Crippen molar-refractivity contribution in [2.45, 2.75) is 30.7 Å². The number of likely N-dealkylation sites (tertiary alicyclic amines) is 1. The number of nitrogens with one attached hydrogen (secondary N) is 1. The third-order valence-electron chi connectivity index (χ3n) is 5.10. The summed E-state index contributed by atoms with van der Waals surface area (Å²) >= 11 is 0. The standard InChI is InChI=1S/C21H26N2O3S/c1-16-10-11-18(27(2,25)26)14-19(16)21(24)22-15-20(23-12-6-7-13-23)17-8-4-3-5-9-17/h3-5,8-11,14,20H,6-7,12-13,15H2,1-2H3,(H,22,24)/t20-/m1/s1. The first-order valence-corrected chi connectivity index (χ1v) is 11.1. The number of carbonyl (C=O) groups excluding carboxylic acids is 1. The van der Waals surface area contributed by atoms with Crippen molar-refractivity contribution in [2.75, 3.05) is 25.9 Å². The maximum atomic E-state index is 12.8. The topological polar surface area (TPSA) is 66.5 Å². The molecule has 0 spiro atoms. The summed E-state index contributed by atoms with van der Waals surface area (Å²) in [5.74, 6) is -0.238. The first-order valence-electron chi connectivity index (χ1n) is 9.24. The van der Waals surface area contributed by atoms with Crippen LogP contribution in [-0.4, -0.2) is 45.1 Å². The molecule has 1 aliphatic heterocycles. The number of nitrogens with zero attached hydrogens (tertiary/aromatic N) is 1. The van der Waals surface area contributed by atoms with Crippen LogP contribution in [-0.2, 0) is 9.84 Å². The molecule has 2 aromatic carbocycles. The van der Waals surface area contributed by atoms with E-state index >= 15 is 0 Å². The van der Waals surface area contributed by atoms with Crippen LogP contribution in [0.25, 0.3) is 0 Å². The molecule has 0 unspecified atom stereocenters. The van der Waals surface area contributed by atoms with Crippen molar-refractivity contribution in [1.82, 2.24) is 10.2 Å². The molecule has 27 heavy (non-hydrogen) atoms. The van der Waals surface area contributed by atoms with Gasteiger partial charge in [-0.25, -0.2) is 8.42 Å². The molecule has 1 aliphatic rings. The lowest BCUT2D eigenvalue weighted by molar-refractivity contribution is 0.0937. The molecule has 0 saturated carbocycles. The van der Waals surface area contributed by atoms with E-state index in [9.17, 15) is 13.2 Å². The zero-order valence-electron chi connectivity index (χ0n) is 15.8. The molecule has 0 radical (unpaired) electrons. The molecule has 2 aromatic rings. The van der Waals surface area contributed by atoms with E-state index in [1.165, 1.54) is 24.5 Å². The molecule has 1 fully saturated rings. The summed E-state index contributed by atoms with van der Waals surface area (Å²) in [5.41, 5.74) is 2.35. The van der Waals surface area contributed by atoms with Crippen LogP contribution in [0.15, 0.2) is 53.4 Å². The fraction of sp³-hybridized carbons (Fsp3) is 0.381. The lowest BCUT2D eigenvalue weighted by atomic mass is 10.0. The summed E-state index contributed by atoms with van der Waals surface area (Å²) in [6.07, 6.45) is 3.50. The fourth-order valence-electron chi connectivity index (χ4n) is 3.55. The molecule has 3 rings (SSSR count). The molecule has 1 atom stereocenters. The maximum absolute atomic E-state index is 12.8. The summed E-state index contributed by atoms with van der Waals surface area (Å²) in [4.78, 5) is 15.3. The zero-order chi connectivity index (χ0) is 19.4. The van der Waals surface area contributed by atoms with E-state index in [0.29, 0.717) is 12.1 Å². The van der Waals surface area contributed by atoms with E-state index in [1.807, 2.05) is 25.1 Å².